The van der Waals surface area contributed by atoms with Crippen LogP contribution in [0.5, 0.6) is 5.75 Å². The third kappa shape index (κ3) is 7.30. The molecule has 0 aromatic heterocycles. The van der Waals surface area contributed by atoms with E-state index in [0.29, 0.717) is 6.61 Å². The molecule has 0 amide bonds. The maximum atomic E-state index is 5.80. The zero-order valence-corrected chi connectivity index (χ0v) is 11.8. The second-order valence-corrected chi connectivity index (χ2v) is 4.46. The van der Waals surface area contributed by atoms with E-state index in [9.17, 15) is 0 Å². The van der Waals surface area contributed by atoms with Gasteiger partial charge >= 0.3 is 0 Å². The Balaban J connectivity index is 2.46. The molecule has 0 saturated heterocycles. The lowest BCUT2D eigenvalue weighted by Gasteiger charge is -2.08. The highest BCUT2D eigenvalue weighted by molar-refractivity contribution is 5.22. The highest BCUT2D eigenvalue weighted by Crippen LogP contribution is 2.13. The lowest BCUT2D eigenvalue weighted by atomic mass is 10.1. The van der Waals surface area contributed by atoms with Crippen LogP contribution in [0, 0.1) is 0 Å². The molecule has 1 nitrogen and oxygen atoms in total. The fourth-order valence-corrected chi connectivity index (χ4v) is 1.73. The summed E-state index contributed by atoms with van der Waals surface area (Å²) in [4.78, 5) is 0. The van der Waals surface area contributed by atoms with Gasteiger partial charge in [0, 0.05) is 0 Å². The summed E-state index contributed by atoms with van der Waals surface area (Å²) in [5, 5.41) is 0. The van der Waals surface area contributed by atoms with Crippen LogP contribution in [-0.4, -0.2) is 6.61 Å². The Morgan fingerprint density at radius 2 is 2.00 bits per heavy atom. The molecule has 0 unspecified atom stereocenters. The van der Waals surface area contributed by atoms with Gasteiger partial charge in [-0.05, 0) is 50.3 Å². The summed E-state index contributed by atoms with van der Waals surface area (Å²) in [6.07, 6.45) is 12.8. The first kappa shape index (κ1) is 15.3. The van der Waals surface area contributed by atoms with Crippen molar-refractivity contribution in [1.82, 2.24) is 0 Å². The summed E-state index contributed by atoms with van der Waals surface area (Å²) in [6.45, 7) is 6.46. The van der Waals surface area contributed by atoms with Crippen molar-refractivity contribution in [2.45, 2.75) is 32.6 Å². The van der Waals surface area contributed by atoms with E-state index in [0.717, 1.165) is 31.4 Å². The number of unbranched alkanes of at least 4 members (excludes halogenated alkanes) is 2. The Bertz CT molecular complexity index is 401. The van der Waals surface area contributed by atoms with Crippen molar-refractivity contribution in [3.8, 4) is 5.75 Å². The predicted molar refractivity (Wildman–Crippen MR) is 83.5 cm³/mol. The van der Waals surface area contributed by atoms with Crippen molar-refractivity contribution < 1.29 is 4.74 Å². The molecule has 102 valence electrons. The van der Waals surface area contributed by atoms with Gasteiger partial charge in [0.1, 0.15) is 12.4 Å². The predicted octanol–water partition coefficient (Wildman–Crippen LogP) is 5.31. The summed E-state index contributed by atoms with van der Waals surface area (Å²) >= 11 is 0. The van der Waals surface area contributed by atoms with E-state index in [1.807, 2.05) is 43.3 Å². The standard InChI is InChI=1S/C18H24O/c1-3-5-7-9-13-17(12-6-4-2)16-19-18-14-10-8-11-15-18/h3-4,6,8,10-11,13-15H,1,5,7,9,12,16H2,2H3. The summed E-state index contributed by atoms with van der Waals surface area (Å²) in [6, 6.07) is 9.97. The molecular formula is C18H24O. The van der Waals surface area contributed by atoms with Crippen LogP contribution in [0.25, 0.3) is 0 Å². The smallest absolute Gasteiger partial charge is 0.119 e. The first-order valence-electron chi connectivity index (χ1n) is 6.94. The molecule has 0 atom stereocenters. The fraction of sp³-hybridized carbons (Fsp3) is 0.333. The number of hydrogen-bond acceptors (Lipinski definition) is 1. The summed E-state index contributed by atoms with van der Waals surface area (Å²) < 4.78 is 5.80. The van der Waals surface area contributed by atoms with Gasteiger partial charge in [0.2, 0.25) is 0 Å². The van der Waals surface area contributed by atoms with Crippen molar-refractivity contribution in [1.29, 1.82) is 0 Å². The minimum absolute atomic E-state index is 0.669. The van der Waals surface area contributed by atoms with Crippen LogP contribution < -0.4 is 4.74 Å². The molecule has 0 radical (unpaired) electrons. The fourth-order valence-electron chi connectivity index (χ4n) is 1.73. The van der Waals surface area contributed by atoms with Crippen LogP contribution in [0.1, 0.15) is 32.6 Å². The maximum absolute atomic E-state index is 5.80. The number of allylic oxidation sites excluding steroid dienone is 4. The van der Waals surface area contributed by atoms with Crippen LogP contribution >= 0.6 is 0 Å². The molecule has 1 heteroatoms. The van der Waals surface area contributed by atoms with Gasteiger partial charge in [-0.1, -0.05) is 42.5 Å². The second-order valence-electron chi connectivity index (χ2n) is 4.46. The largest absolute Gasteiger partial charge is 0.489 e. The molecule has 0 heterocycles. The van der Waals surface area contributed by atoms with Gasteiger partial charge in [0.15, 0.2) is 0 Å². The van der Waals surface area contributed by atoms with E-state index in [1.165, 1.54) is 5.57 Å². The van der Waals surface area contributed by atoms with Crippen LogP contribution in [0.2, 0.25) is 0 Å². The van der Waals surface area contributed by atoms with Crippen LogP contribution in [0.3, 0.4) is 0 Å². The molecule has 0 aliphatic carbocycles. The molecule has 1 aromatic rings. The Kier molecular flexibility index (Phi) is 8.20. The van der Waals surface area contributed by atoms with Gasteiger partial charge in [-0.3, -0.25) is 0 Å². The molecule has 0 saturated carbocycles. The van der Waals surface area contributed by atoms with E-state index in [-0.39, 0.29) is 0 Å². The molecule has 0 aliphatic rings. The maximum Gasteiger partial charge on any atom is 0.119 e. The van der Waals surface area contributed by atoms with E-state index < -0.39 is 0 Å². The first-order chi connectivity index (χ1) is 9.36. The van der Waals surface area contributed by atoms with Crippen LogP contribution in [0.15, 0.2) is 66.8 Å². The number of benzene rings is 1. The average molecular weight is 256 g/mol. The Labute approximate surface area is 117 Å². The zero-order valence-electron chi connectivity index (χ0n) is 11.8. The van der Waals surface area contributed by atoms with Gasteiger partial charge in [-0.15, -0.1) is 6.58 Å². The molecule has 0 aliphatic heterocycles. The van der Waals surface area contributed by atoms with E-state index >= 15 is 0 Å². The Morgan fingerprint density at radius 1 is 1.21 bits per heavy atom. The van der Waals surface area contributed by atoms with E-state index in [1.54, 1.807) is 0 Å². The van der Waals surface area contributed by atoms with E-state index in [4.69, 9.17) is 4.74 Å². The van der Waals surface area contributed by atoms with Crippen molar-refractivity contribution in [3.05, 3.63) is 66.8 Å². The first-order valence-corrected chi connectivity index (χ1v) is 6.94. The molecule has 0 fully saturated rings. The number of hydrogen-bond donors (Lipinski definition) is 0. The third-order valence-corrected chi connectivity index (χ3v) is 2.83. The summed E-state index contributed by atoms with van der Waals surface area (Å²) in [7, 11) is 0. The van der Waals surface area contributed by atoms with Crippen molar-refractivity contribution in [2.75, 3.05) is 6.61 Å². The lowest BCUT2D eigenvalue weighted by molar-refractivity contribution is 0.349. The second kappa shape index (κ2) is 10.2. The van der Waals surface area contributed by atoms with Gasteiger partial charge < -0.3 is 4.74 Å². The highest BCUT2D eigenvalue weighted by Gasteiger charge is 1.97. The van der Waals surface area contributed by atoms with E-state index in [2.05, 4.69) is 24.8 Å². The molecule has 19 heavy (non-hydrogen) atoms. The Morgan fingerprint density at radius 3 is 2.68 bits per heavy atom. The molecule has 1 aromatic carbocycles. The number of para-hydroxylation sites is 1. The number of rotatable bonds is 9. The summed E-state index contributed by atoms with van der Waals surface area (Å²) in [5.41, 5.74) is 1.34. The number of ether oxygens (including phenoxy) is 1. The molecular weight excluding hydrogens is 232 g/mol. The summed E-state index contributed by atoms with van der Waals surface area (Å²) in [5.74, 6) is 0.931. The normalized spacial score (nSPS) is 11.7. The quantitative estimate of drug-likeness (QED) is 0.429. The van der Waals surface area contributed by atoms with Crippen LogP contribution in [0.4, 0.5) is 0 Å². The molecule has 0 bridgehead atoms. The van der Waals surface area contributed by atoms with Gasteiger partial charge in [-0.25, -0.2) is 0 Å². The van der Waals surface area contributed by atoms with Crippen LogP contribution in [-0.2, 0) is 0 Å². The monoisotopic (exact) mass is 256 g/mol. The minimum atomic E-state index is 0.669. The van der Waals surface area contributed by atoms with Crippen molar-refractivity contribution in [3.63, 3.8) is 0 Å². The molecule has 1 rings (SSSR count). The Hall–Kier alpha value is -1.76. The topological polar surface area (TPSA) is 9.23 Å². The highest BCUT2D eigenvalue weighted by atomic mass is 16.5. The zero-order chi connectivity index (χ0) is 13.8. The molecule has 0 N–H and O–H groups in total. The third-order valence-electron chi connectivity index (χ3n) is 2.83. The SMILES string of the molecule is C=CCCCC=C(CC=CC)COc1ccccc1. The molecule has 0 spiro atoms. The van der Waals surface area contributed by atoms with Gasteiger partial charge in [0.05, 0.1) is 0 Å². The van der Waals surface area contributed by atoms with Gasteiger partial charge in [-0.2, -0.15) is 0 Å². The lowest BCUT2D eigenvalue weighted by Crippen LogP contribution is -2.01. The minimum Gasteiger partial charge on any atom is -0.489 e. The van der Waals surface area contributed by atoms with Crippen molar-refractivity contribution in [2.24, 2.45) is 0 Å². The van der Waals surface area contributed by atoms with Crippen molar-refractivity contribution >= 4 is 0 Å². The average Bonchev–Trinajstić information content (AvgIpc) is 2.46. The van der Waals surface area contributed by atoms with Gasteiger partial charge in [0.25, 0.3) is 0 Å².